The summed E-state index contributed by atoms with van der Waals surface area (Å²) in [6.45, 7) is 5.73. The van der Waals surface area contributed by atoms with Crippen LogP contribution in [-0.2, 0) is 4.79 Å². The molecule has 0 spiro atoms. The summed E-state index contributed by atoms with van der Waals surface area (Å²) in [7, 11) is 0. The number of hydrogen-bond acceptors (Lipinski definition) is 4. The maximum Gasteiger partial charge on any atom is 0.239 e. The first-order valence-electron chi connectivity index (χ1n) is 6.60. The van der Waals surface area contributed by atoms with Crippen molar-refractivity contribution in [1.29, 1.82) is 0 Å². The number of nitrogens with two attached hydrogens (primary N) is 1. The monoisotopic (exact) mass is 298 g/mol. The van der Waals surface area contributed by atoms with E-state index in [9.17, 15) is 4.79 Å². The molecule has 0 aromatic heterocycles. The fourth-order valence-corrected chi connectivity index (χ4v) is 2.31. The molecule has 3 N–H and O–H groups in total. The van der Waals surface area contributed by atoms with Gasteiger partial charge >= 0.3 is 0 Å². The van der Waals surface area contributed by atoms with E-state index >= 15 is 0 Å². The summed E-state index contributed by atoms with van der Waals surface area (Å²) in [5.41, 5.74) is 6.15. The highest BCUT2D eigenvalue weighted by Gasteiger charge is 2.23. The van der Waals surface area contributed by atoms with Gasteiger partial charge in [-0.05, 0) is 30.2 Å². The smallest absolute Gasteiger partial charge is 0.239 e. The molecule has 5 nitrogen and oxygen atoms in total. The Balaban J connectivity index is 2.29. The molecule has 0 aliphatic carbocycles. The maximum absolute atomic E-state index is 11.6. The molecule has 1 aliphatic heterocycles. The molecule has 2 rings (SSSR count). The number of fused-ring (bicyclic) bond motifs is 1. The second-order valence-corrected chi connectivity index (χ2v) is 5.57. The zero-order valence-electron chi connectivity index (χ0n) is 11.6. The first-order chi connectivity index (χ1) is 9.49. The number of amides is 1. The van der Waals surface area contributed by atoms with E-state index < -0.39 is 11.9 Å². The predicted molar refractivity (Wildman–Crippen MR) is 77.2 cm³/mol. The average molecular weight is 299 g/mol. The fourth-order valence-electron chi connectivity index (χ4n) is 2.03. The van der Waals surface area contributed by atoms with Gasteiger partial charge in [-0.2, -0.15) is 0 Å². The molecular weight excluding hydrogens is 280 g/mol. The van der Waals surface area contributed by atoms with Crippen LogP contribution in [0.15, 0.2) is 12.1 Å². The largest absolute Gasteiger partial charge is 0.486 e. The molecule has 1 aromatic rings. The lowest BCUT2D eigenvalue weighted by atomic mass is 10.0. The molecule has 1 unspecified atom stereocenters. The van der Waals surface area contributed by atoms with Crippen LogP contribution in [0.3, 0.4) is 0 Å². The minimum absolute atomic E-state index is 0.407. The van der Waals surface area contributed by atoms with Crippen LogP contribution >= 0.6 is 11.6 Å². The Labute approximate surface area is 123 Å². The SMILES string of the molecule is CC(C)CNC(C(N)=O)c1cc(Cl)c2c(c1)OCCO2. The molecule has 1 atom stereocenters. The van der Waals surface area contributed by atoms with Gasteiger partial charge in [-0.15, -0.1) is 0 Å². The van der Waals surface area contributed by atoms with Crippen LogP contribution in [0.25, 0.3) is 0 Å². The Bertz CT molecular complexity index is 505. The Morgan fingerprint density at radius 2 is 2.10 bits per heavy atom. The van der Waals surface area contributed by atoms with Crippen LogP contribution in [0, 0.1) is 5.92 Å². The second kappa shape index (κ2) is 6.33. The lowest BCUT2D eigenvalue weighted by Crippen LogP contribution is -2.35. The van der Waals surface area contributed by atoms with Gasteiger partial charge < -0.3 is 20.5 Å². The highest BCUT2D eigenvalue weighted by molar-refractivity contribution is 6.32. The highest BCUT2D eigenvalue weighted by Crippen LogP contribution is 2.39. The van der Waals surface area contributed by atoms with Gasteiger partial charge in [0.15, 0.2) is 11.5 Å². The van der Waals surface area contributed by atoms with E-state index in [2.05, 4.69) is 19.2 Å². The van der Waals surface area contributed by atoms with E-state index in [1.165, 1.54) is 0 Å². The number of primary amides is 1. The summed E-state index contributed by atoms with van der Waals surface area (Å²) in [6.07, 6.45) is 0. The first-order valence-corrected chi connectivity index (χ1v) is 6.98. The normalized spacial score (nSPS) is 15.2. The molecule has 1 aromatic carbocycles. The van der Waals surface area contributed by atoms with E-state index in [1.54, 1.807) is 12.1 Å². The number of nitrogens with one attached hydrogen (secondary N) is 1. The Hall–Kier alpha value is -1.46. The molecule has 20 heavy (non-hydrogen) atoms. The van der Waals surface area contributed by atoms with E-state index in [4.69, 9.17) is 26.8 Å². The van der Waals surface area contributed by atoms with E-state index in [0.717, 1.165) is 0 Å². The number of hydrogen-bond donors (Lipinski definition) is 2. The molecule has 0 bridgehead atoms. The average Bonchev–Trinajstić information content (AvgIpc) is 2.38. The van der Waals surface area contributed by atoms with Gasteiger partial charge in [-0.3, -0.25) is 4.79 Å². The van der Waals surface area contributed by atoms with Crippen LogP contribution in [0.1, 0.15) is 25.5 Å². The third-order valence-corrected chi connectivity index (χ3v) is 3.25. The molecule has 1 heterocycles. The number of carbonyl (C=O) groups is 1. The summed E-state index contributed by atoms with van der Waals surface area (Å²) in [4.78, 5) is 11.6. The second-order valence-electron chi connectivity index (χ2n) is 5.16. The minimum atomic E-state index is -0.592. The van der Waals surface area contributed by atoms with Gasteiger partial charge in [0.2, 0.25) is 5.91 Å². The van der Waals surface area contributed by atoms with Gasteiger partial charge in [0, 0.05) is 0 Å². The summed E-state index contributed by atoms with van der Waals surface area (Å²) < 4.78 is 11.0. The van der Waals surface area contributed by atoms with Crippen LogP contribution in [-0.4, -0.2) is 25.7 Å². The molecule has 1 aliphatic rings. The Morgan fingerprint density at radius 1 is 1.40 bits per heavy atom. The summed E-state index contributed by atoms with van der Waals surface area (Å²) >= 11 is 6.17. The number of halogens is 1. The number of ether oxygens (including phenoxy) is 2. The molecule has 0 saturated heterocycles. The molecule has 0 fully saturated rings. The fraction of sp³-hybridized carbons (Fsp3) is 0.500. The van der Waals surface area contributed by atoms with E-state index in [-0.39, 0.29) is 0 Å². The Morgan fingerprint density at radius 3 is 2.75 bits per heavy atom. The van der Waals surface area contributed by atoms with Crippen molar-refractivity contribution in [3.05, 3.63) is 22.7 Å². The molecular formula is C14H19ClN2O3. The van der Waals surface area contributed by atoms with Crippen LogP contribution in [0.2, 0.25) is 5.02 Å². The van der Waals surface area contributed by atoms with Crippen molar-refractivity contribution in [2.45, 2.75) is 19.9 Å². The molecule has 0 radical (unpaired) electrons. The van der Waals surface area contributed by atoms with Gasteiger partial charge in [0.1, 0.15) is 19.3 Å². The zero-order valence-corrected chi connectivity index (χ0v) is 12.4. The van der Waals surface area contributed by atoms with Crippen LogP contribution < -0.4 is 20.5 Å². The van der Waals surface area contributed by atoms with Crippen molar-refractivity contribution in [3.63, 3.8) is 0 Å². The zero-order chi connectivity index (χ0) is 14.7. The third kappa shape index (κ3) is 3.35. The third-order valence-electron chi connectivity index (χ3n) is 2.97. The van der Waals surface area contributed by atoms with Crippen molar-refractivity contribution in [3.8, 4) is 11.5 Å². The van der Waals surface area contributed by atoms with Gasteiger partial charge in [-0.25, -0.2) is 0 Å². The van der Waals surface area contributed by atoms with E-state index in [1.807, 2.05) is 0 Å². The molecule has 110 valence electrons. The maximum atomic E-state index is 11.6. The first kappa shape index (κ1) is 14.9. The number of rotatable bonds is 5. The summed E-state index contributed by atoms with van der Waals surface area (Å²) in [6, 6.07) is 2.85. The quantitative estimate of drug-likeness (QED) is 0.870. The Kier molecular flexibility index (Phi) is 4.73. The molecule has 6 heteroatoms. The van der Waals surface area contributed by atoms with Crippen molar-refractivity contribution in [2.24, 2.45) is 11.7 Å². The lowest BCUT2D eigenvalue weighted by molar-refractivity contribution is -0.120. The van der Waals surface area contributed by atoms with Crippen LogP contribution in [0.5, 0.6) is 11.5 Å². The standard InChI is InChI=1S/C14H19ClN2O3/c1-8(2)7-17-12(14(16)18)9-5-10(15)13-11(6-9)19-3-4-20-13/h5-6,8,12,17H,3-4,7H2,1-2H3,(H2,16,18). The minimum Gasteiger partial charge on any atom is -0.486 e. The van der Waals surface area contributed by atoms with E-state index in [0.29, 0.717) is 47.8 Å². The number of carbonyl (C=O) groups excluding carboxylic acids is 1. The van der Waals surface area contributed by atoms with Gasteiger partial charge in [-0.1, -0.05) is 25.4 Å². The van der Waals surface area contributed by atoms with Crippen molar-refractivity contribution < 1.29 is 14.3 Å². The summed E-state index contributed by atoms with van der Waals surface area (Å²) in [5, 5.41) is 3.57. The highest BCUT2D eigenvalue weighted by atomic mass is 35.5. The number of benzene rings is 1. The van der Waals surface area contributed by atoms with Crippen molar-refractivity contribution >= 4 is 17.5 Å². The summed E-state index contributed by atoms with van der Waals surface area (Å²) in [5.74, 6) is 1.04. The van der Waals surface area contributed by atoms with Crippen LogP contribution in [0.4, 0.5) is 0 Å². The van der Waals surface area contributed by atoms with Gasteiger partial charge in [0.25, 0.3) is 0 Å². The van der Waals surface area contributed by atoms with Crippen molar-refractivity contribution in [2.75, 3.05) is 19.8 Å². The topological polar surface area (TPSA) is 73.6 Å². The molecule has 0 saturated carbocycles. The van der Waals surface area contributed by atoms with Crippen molar-refractivity contribution in [1.82, 2.24) is 5.32 Å². The van der Waals surface area contributed by atoms with Gasteiger partial charge in [0.05, 0.1) is 5.02 Å². The predicted octanol–water partition coefficient (Wildman–Crippen LogP) is 1.88. The lowest BCUT2D eigenvalue weighted by Gasteiger charge is -2.23. The molecule has 1 amide bonds.